The largest absolute Gasteiger partial charge is 0.508 e. The number of carbonyl (C=O) groups excluding carboxylic acids is 1. The molecule has 0 saturated heterocycles. The zero-order valence-corrected chi connectivity index (χ0v) is 17.4. The van der Waals surface area contributed by atoms with Crippen molar-refractivity contribution in [2.75, 3.05) is 5.32 Å². The van der Waals surface area contributed by atoms with E-state index < -0.39 is 17.4 Å². The van der Waals surface area contributed by atoms with E-state index in [1.165, 1.54) is 0 Å². The second-order valence-electron chi connectivity index (χ2n) is 6.88. The molecule has 1 aliphatic rings. The SMILES string of the molecule is CC(=O)O.CC(=O)O.O=C1Nc2ccccc2C1(c1ccc(O)cc1)c1ccc(O)cc1. The summed E-state index contributed by atoms with van der Waals surface area (Å²) in [5, 5.41) is 37.0. The minimum absolute atomic E-state index is 0.145. The molecular weight excluding hydrogens is 414 g/mol. The average molecular weight is 437 g/mol. The number of aliphatic carboxylic acids is 2. The number of phenols is 2. The van der Waals surface area contributed by atoms with Crippen molar-refractivity contribution >= 4 is 23.5 Å². The van der Waals surface area contributed by atoms with E-state index in [0.29, 0.717) is 0 Å². The number of hydrogen-bond donors (Lipinski definition) is 5. The Balaban J connectivity index is 0.000000395. The van der Waals surface area contributed by atoms with Crippen molar-refractivity contribution in [2.24, 2.45) is 0 Å². The normalized spacial score (nSPS) is 12.8. The van der Waals surface area contributed by atoms with Gasteiger partial charge < -0.3 is 25.7 Å². The van der Waals surface area contributed by atoms with Crippen LogP contribution in [0, 0.1) is 0 Å². The number of anilines is 1. The lowest BCUT2D eigenvalue weighted by atomic mass is 9.70. The number of benzene rings is 3. The lowest BCUT2D eigenvalue weighted by molar-refractivity contribution is -0.135. The van der Waals surface area contributed by atoms with E-state index in [0.717, 1.165) is 36.2 Å². The Morgan fingerprint density at radius 2 is 1.09 bits per heavy atom. The van der Waals surface area contributed by atoms with Crippen LogP contribution in [0.2, 0.25) is 0 Å². The average Bonchev–Trinajstić information content (AvgIpc) is 3.01. The minimum atomic E-state index is -1.02. The van der Waals surface area contributed by atoms with Crippen molar-refractivity contribution in [3.05, 3.63) is 89.5 Å². The summed E-state index contributed by atoms with van der Waals surface area (Å²) in [6.07, 6.45) is 0. The summed E-state index contributed by atoms with van der Waals surface area (Å²) in [5.41, 5.74) is 2.12. The number of carboxylic acid groups (broad SMARTS) is 2. The van der Waals surface area contributed by atoms with E-state index in [1.54, 1.807) is 48.5 Å². The highest BCUT2D eigenvalue weighted by atomic mass is 16.4. The van der Waals surface area contributed by atoms with Crippen LogP contribution in [-0.4, -0.2) is 38.3 Å². The summed E-state index contributed by atoms with van der Waals surface area (Å²) in [6, 6.07) is 20.9. The number of aromatic hydroxyl groups is 2. The van der Waals surface area contributed by atoms with Gasteiger partial charge in [0.1, 0.15) is 16.9 Å². The van der Waals surface area contributed by atoms with Gasteiger partial charge in [0.05, 0.1) is 0 Å². The van der Waals surface area contributed by atoms with Gasteiger partial charge in [-0.1, -0.05) is 42.5 Å². The van der Waals surface area contributed by atoms with Crippen LogP contribution >= 0.6 is 0 Å². The first-order valence-corrected chi connectivity index (χ1v) is 9.48. The number of para-hydroxylation sites is 1. The maximum absolute atomic E-state index is 13.1. The standard InChI is InChI=1S/C20H15NO3.2C2H4O2/c22-15-9-5-13(6-10-15)20(14-7-11-16(23)12-8-14)17-3-1-2-4-18(17)21-19(20)24;2*1-2(3)4/h1-12,22-23H,(H,21,24);2*1H3,(H,3,4). The summed E-state index contributed by atoms with van der Waals surface area (Å²) in [6.45, 7) is 2.17. The number of amides is 1. The lowest BCUT2D eigenvalue weighted by Gasteiger charge is -2.29. The van der Waals surface area contributed by atoms with Gasteiger partial charge >= 0.3 is 0 Å². The Bertz CT molecular complexity index is 1040. The Labute approximate surface area is 184 Å². The van der Waals surface area contributed by atoms with Gasteiger partial charge in [-0.3, -0.25) is 14.4 Å². The molecule has 32 heavy (non-hydrogen) atoms. The topological polar surface area (TPSA) is 144 Å². The Hall–Kier alpha value is -4.33. The van der Waals surface area contributed by atoms with Gasteiger partial charge in [-0.05, 0) is 41.5 Å². The molecule has 0 aromatic heterocycles. The first-order chi connectivity index (χ1) is 15.1. The van der Waals surface area contributed by atoms with E-state index in [1.807, 2.05) is 24.3 Å². The number of hydrogen-bond acceptors (Lipinski definition) is 5. The van der Waals surface area contributed by atoms with E-state index in [4.69, 9.17) is 19.8 Å². The smallest absolute Gasteiger partial charge is 0.300 e. The van der Waals surface area contributed by atoms with Gasteiger partial charge in [-0.15, -0.1) is 0 Å². The van der Waals surface area contributed by atoms with Crippen molar-refractivity contribution < 1.29 is 34.8 Å². The molecule has 0 spiro atoms. The second kappa shape index (κ2) is 10.1. The predicted octanol–water partition coefficient (Wildman–Crippen LogP) is 3.57. The highest BCUT2D eigenvalue weighted by Crippen LogP contribution is 2.47. The third-order valence-electron chi connectivity index (χ3n) is 4.52. The van der Waals surface area contributed by atoms with Gasteiger partial charge in [-0.2, -0.15) is 0 Å². The number of phenolic OH excluding ortho intramolecular Hbond substituents is 2. The fourth-order valence-corrected chi connectivity index (χ4v) is 3.42. The summed E-state index contributed by atoms with van der Waals surface area (Å²) in [5.74, 6) is -1.53. The van der Waals surface area contributed by atoms with Crippen LogP contribution in [-0.2, 0) is 19.8 Å². The van der Waals surface area contributed by atoms with Gasteiger partial charge in [0, 0.05) is 25.1 Å². The first kappa shape index (κ1) is 23.9. The summed E-state index contributed by atoms with van der Waals surface area (Å²) in [4.78, 5) is 31.1. The van der Waals surface area contributed by atoms with Crippen LogP contribution in [0.3, 0.4) is 0 Å². The first-order valence-electron chi connectivity index (χ1n) is 9.48. The van der Waals surface area contributed by atoms with Gasteiger partial charge in [0.25, 0.3) is 11.9 Å². The van der Waals surface area contributed by atoms with Crippen molar-refractivity contribution in [1.82, 2.24) is 0 Å². The molecule has 0 fully saturated rings. The van der Waals surface area contributed by atoms with E-state index >= 15 is 0 Å². The van der Waals surface area contributed by atoms with Gasteiger partial charge in [0.2, 0.25) is 5.91 Å². The summed E-state index contributed by atoms with van der Waals surface area (Å²) >= 11 is 0. The van der Waals surface area contributed by atoms with Crippen LogP contribution in [0.5, 0.6) is 11.5 Å². The lowest BCUT2D eigenvalue weighted by Crippen LogP contribution is -2.36. The van der Waals surface area contributed by atoms with E-state index in [2.05, 4.69) is 5.32 Å². The molecule has 0 saturated carbocycles. The Morgan fingerprint density at radius 1 is 0.719 bits per heavy atom. The zero-order chi connectivity index (χ0) is 23.9. The summed E-state index contributed by atoms with van der Waals surface area (Å²) in [7, 11) is 0. The van der Waals surface area contributed by atoms with Crippen molar-refractivity contribution in [3.8, 4) is 11.5 Å². The van der Waals surface area contributed by atoms with Crippen molar-refractivity contribution in [3.63, 3.8) is 0 Å². The highest BCUT2D eigenvalue weighted by Gasteiger charge is 2.49. The molecule has 1 amide bonds. The van der Waals surface area contributed by atoms with Crippen molar-refractivity contribution in [1.29, 1.82) is 0 Å². The molecule has 4 rings (SSSR count). The molecule has 8 heteroatoms. The molecule has 0 radical (unpaired) electrons. The molecule has 0 bridgehead atoms. The fraction of sp³-hybridized carbons (Fsp3) is 0.125. The van der Waals surface area contributed by atoms with Crippen LogP contribution in [0.25, 0.3) is 0 Å². The molecule has 3 aromatic carbocycles. The molecule has 0 unspecified atom stereocenters. The highest BCUT2D eigenvalue weighted by molar-refractivity contribution is 6.11. The molecule has 0 aliphatic carbocycles. The van der Waals surface area contributed by atoms with E-state index in [9.17, 15) is 15.0 Å². The Kier molecular flexibility index (Phi) is 7.57. The maximum Gasteiger partial charge on any atom is 0.300 e. The zero-order valence-electron chi connectivity index (χ0n) is 17.4. The Morgan fingerprint density at radius 3 is 1.50 bits per heavy atom. The van der Waals surface area contributed by atoms with Crippen LogP contribution < -0.4 is 5.32 Å². The molecule has 8 nitrogen and oxygen atoms in total. The third-order valence-corrected chi connectivity index (χ3v) is 4.52. The number of nitrogens with one attached hydrogen (secondary N) is 1. The number of carboxylic acids is 2. The molecule has 1 aliphatic heterocycles. The molecular formula is C24H23NO7. The molecule has 166 valence electrons. The van der Waals surface area contributed by atoms with E-state index in [-0.39, 0.29) is 17.4 Å². The molecule has 0 atom stereocenters. The summed E-state index contributed by atoms with van der Waals surface area (Å²) < 4.78 is 0. The number of fused-ring (bicyclic) bond motifs is 1. The molecule has 3 aromatic rings. The quantitative estimate of drug-likeness (QED) is 0.412. The fourth-order valence-electron chi connectivity index (χ4n) is 3.42. The van der Waals surface area contributed by atoms with Crippen molar-refractivity contribution in [2.45, 2.75) is 19.3 Å². The monoisotopic (exact) mass is 437 g/mol. The second-order valence-corrected chi connectivity index (χ2v) is 6.88. The van der Waals surface area contributed by atoms with Crippen LogP contribution in [0.4, 0.5) is 5.69 Å². The minimum Gasteiger partial charge on any atom is -0.508 e. The maximum atomic E-state index is 13.1. The number of carbonyl (C=O) groups is 3. The van der Waals surface area contributed by atoms with Gasteiger partial charge in [0.15, 0.2) is 0 Å². The number of rotatable bonds is 2. The predicted molar refractivity (Wildman–Crippen MR) is 118 cm³/mol. The molecule has 1 heterocycles. The van der Waals surface area contributed by atoms with Crippen LogP contribution in [0.1, 0.15) is 30.5 Å². The van der Waals surface area contributed by atoms with Crippen LogP contribution in [0.15, 0.2) is 72.8 Å². The third kappa shape index (κ3) is 5.23. The molecule has 5 N–H and O–H groups in total. The van der Waals surface area contributed by atoms with Gasteiger partial charge in [-0.25, -0.2) is 0 Å².